The van der Waals surface area contributed by atoms with Gasteiger partial charge in [-0.05, 0) is 44.0 Å². The molecule has 1 aliphatic rings. The monoisotopic (exact) mass is 368 g/mol. The summed E-state index contributed by atoms with van der Waals surface area (Å²) in [6.07, 6.45) is 6.53. The zero-order valence-electron chi connectivity index (χ0n) is 15.4. The van der Waals surface area contributed by atoms with Crippen LogP contribution in [-0.4, -0.2) is 51.7 Å². The fraction of sp³-hybridized carbons (Fsp3) is 0.611. The van der Waals surface area contributed by atoms with Gasteiger partial charge in [-0.15, -0.1) is 0 Å². The van der Waals surface area contributed by atoms with Crippen molar-refractivity contribution in [3.05, 3.63) is 24.3 Å². The Hall–Kier alpha value is -1.76. The van der Waals surface area contributed by atoms with E-state index in [4.69, 9.17) is 4.74 Å². The van der Waals surface area contributed by atoms with E-state index in [1.54, 1.807) is 50.2 Å². The highest BCUT2D eigenvalue weighted by Crippen LogP contribution is 2.26. The fourth-order valence-corrected chi connectivity index (χ4v) is 4.64. The first-order valence-electron chi connectivity index (χ1n) is 8.66. The molecule has 0 N–H and O–H groups in total. The lowest BCUT2D eigenvalue weighted by Crippen LogP contribution is -2.51. The molecule has 7 heteroatoms. The van der Waals surface area contributed by atoms with Crippen LogP contribution in [0.2, 0.25) is 0 Å². The van der Waals surface area contributed by atoms with E-state index in [0.717, 1.165) is 31.9 Å². The van der Waals surface area contributed by atoms with Crippen LogP contribution in [0, 0.1) is 0 Å². The summed E-state index contributed by atoms with van der Waals surface area (Å²) in [5, 5.41) is 0. The highest BCUT2D eigenvalue weighted by Gasteiger charge is 2.33. The van der Waals surface area contributed by atoms with Crippen molar-refractivity contribution in [1.29, 1.82) is 0 Å². The van der Waals surface area contributed by atoms with Crippen LogP contribution >= 0.6 is 0 Å². The van der Waals surface area contributed by atoms with Gasteiger partial charge in [0, 0.05) is 13.1 Å². The summed E-state index contributed by atoms with van der Waals surface area (Å²) in [5.41, 5.74) is 0.459. The minimum Gasteiger partial charge on any atom is -0.497 e. The van der Waals surface area contributed by atoms with Gasteiger partial charge < -0.3 is 9.64 Å². The first-order valence-corrected chi connectivity index (χ1v) is 10.5. The number of sulfonamides is 1. The Morgan fingerprint density at radius 3 is 2.20 bits per heavy atom. The number of carbonyl (C=O) groups excluding carboxylic acids is 1. The molecule has 0 aromatic heterocycles. The van der Waals surface area contributed by atoms with Gasteiger partial charge in [0.2, 0.25) is 15.9 Å². The van der Waals surface area contributed by atoms with Crippen LogP contribution in [0.25, 0.3) is 0 Å². The second-order valence-electron chi connectivity index (χ2n) is 6.67. The Morgan fingerprint density at radius 2 is 1.72 bits per heavy atom. The van der Waals surface area contributed by atoms with Crippen molar-refractivity contribution in [3.8, 4) is 5.75 Å². The van der Waals surface area contributed by atoms with Gasteiger partial charge in [0.05, 0.1) is 19.1 Å². The first kappa shape index (κ1) is 19.6. The van der Waals surface area contributed by atoms with E-state index in [-0.39, 0.29) is 11.9 Å². The van der Waals surface area contributed by atoms with Gasteiger partial charge in [0.1, 0.15) is 11.8 Å². The summed E-state index contributed by atoms with van der Waals surface area (Å²) >= 11 is 0. The smallest absolute Gasteiger partial charge is 0.246 e. The van der Waals surface area contributed by atoms with E-state index < -0.39 is 16.1 Å². The van der Waals surface area contributed by atoms with Crippen molar-refractivity contribution in [3.63, 3.8) is 0 Å². The molecule has 2 rings (SSSR count). The maximum absolute atomic E-state index is 12.9. The van der Waals surface area contributed by atoms with Crippen molar-refractivity contribution in [2.24, 2.45) is 0 Å². The zero-order chi connectivity index (χ0) is 18.6. The normalized spacial score (nSPS) is 17.0. The van der Waals surface area contributed by atoms with Crippen LogP contribution in [0.4, 0.5) is 5.69 Å². The van der Waals surface area contributed by atoms with Crippen LogP contribution in [0.3, 0.4) is 0 Å². The Morgan fingerprint density at radius 1 is 1.16 bits per heavy atom. The van der Waals surface area contributed by atoms with E-state index in [2.05, 4.69) is 0 Å². The number of ether oxygens (including phenoxy) is 1. The molecule has 0 saturated heterocycles. The number of anilines is 1. The molecule has 1 amide bonds. The lowest BCUT2D eigenvalue weighted by atomic mass is 9.94. The molecule has 6 nitrogen and oxygen atoms in total. The lowest BCUT2D eigenvalue weighted by molar-refractivity contribution is -0.133. The molecular formula is C18H28N2O4S. The van der Waals surface area contributed by atoms with Crippen molar-refractivity contribution < 1.29 is 17.9 Å². The lowest BCUT2D eigenvalue weighted by Gasteiger charge is -2.36. The van der Waals surface area contributed by atoms with Crippen molar-refractivity contribution in [2.75, 3.05) is 24.7 Å². The summed E-state index contributed by atoms with van der Waals surface area (Å²) < 4.78 is 31.0. The zero-order valence-corrected chi connectivity index (χ0v) is 16.3. The molecule has 1 atom stereocenters. The van der Waals surface area contributed by atoms with E-state index in [1.165, 1.54) is 10.7 Å². The molecule has 0 aliphatic heterocycles. The molecule has 1 saturated carbocycles. The summed E-state index contributed by atoms with van der Waals surface area (Å²) in [4.78, 5) is 14.6. The number of carbonyl (C=O) groups is 1. The van der Waals surface area contributed by atoms with Crippen LogP contribution in [0.15, 0.2) is 24.3 Å². The molecule has 0 heterocycles. The molecule has 0 bridgehead atoms. The van der Waals surface area contributed by atoms with Gasteiger partial charge in [-0.3, -0.25) is 9.10 Å². The number of likely N-dealkylation sites (N-methyl/N-ethyl adjacent to an activating group) is 1. The highest BCUT2D eigenvalue weighted by atomic mass is 32.2. The quantitative estimate of drug-likeness (QED) is 0.774. The molecule has 25 heavy (non-hydrogen) atoms. The average Bonchev–Trinajstić information content (AvgIpc) is 2.60. The standard InChI is InChI=1S/C18H28N2O4S/c1-14(18(21)19(2)15-8-6-5-7-9-15)20(25(4,22)23)16-10-12-17(24-3)13-11-16/h10-15H,5-9H2,1-4H3/t14-/m0/s1. The van der Waals surface area contributed by atoms with E-state index in [9.17, 15) is 13.2 Å². The van der Waals surface area contributed by atoms with Gasteiger partial charge >= 0.3 is 0 Å². The topological polar surface area (TPSA) is 66.9 Å². The third kappa shape index (κ3) is 4.66. The van der Waals surface area contributed by atoms with Crippen LogP contribution in [-0.2, 0) is 14.8 Å². The van der Waals surface area contributed by atoms with Gasteiger partial charge in [0.15, 0.2) is 0 Å². The number of hydrogen-bond donors (Lipinski definition) is 0. The number of amides is 1. The molecule has 1 aromatic rings. The number of benzene rings is 1. The third-order valence-electron chi connectivity index (χ3n) is 4.86. The predicted molar refractivity (Wildman–Crippen MR) is 99.4 cm³/mol. The maximum Gasteiger partial charge on any atom is 0.246 e. The minimum atomic E-state index is -3.60. The SMILES string of the molecule is COc1ccc(N([C@@H](C)C(=O)N(C)C2CCCCC2)S(C)(=O)=O)cc1. The van der Waals surface area contributed by atoms with Crippen LogP contribution in [0.1, 0.15) is 39.0 Å². The molecule has 1 aromatic carbocycles. The molecule has 1 aliphatic carbocycles. The van der Waals surface area contributed by atoms with Gasteiger partial charge in [-0.25, -0.2) is 8.42 Å². The molecular weight excluding hydrogens is 340 g/mol. The van der Waals surface area contributed by atoms with Crippen molar-refractivity contribution >= 4 is 21.6 Å². The van der Waals surface area contributed by atoms with Gasteiger partial charge in [0.25, 0.3) is 0 Å². The second kappa shape index (κ2) is 8.08. The van der Waals surface area contributed by atoms with Crippen molar-refractivity contribution in [1.82, 2.24) is 4.90 Å². The fourth-order valence-electron chi connectivity index (χ4n) is 3.47. The maximum atomic E-state index is 12.9. The number of rotatable bonds is 6. The highest BCUT2D eigenvalue weighted by molar-refractivity contribution is 7.92. The summed E-state index contributed by atoms with van der Waals surface area (Å²) in [5.74, 6) is 0.462. The van der Waals surface area contributed by atoms with E-state index >= 15 is 0 Å². The molecule has 140 valence electrons. The number of nitrogens with zero attached hydrogens (tertiary/aromatic N) is 2. The third-order valence-corrected chi connectivity index (χ3v) is 6.11. The Bertz CT molecular complexity index is 682. The minimum absolute atomic E-state index is 0.173. The molecule has 0 spiro atoms. The van der Waals surface area contributed by atoms with Crippen molar-refractivity contribution in [2.45, 2.75) is 51.1 Å². The number of methoxy groups -OCH3 is 1. The molecule has 0 unspecified atom stereocenters. The van der Waals surface area contributed by atoms with E-state index in [0.29, 0.717) is 11.4 Å². The Labute approximate surface area is 150 Å². The Balaban J connectivity index is 2.25. The molecule has 0 radical (unpaired) electrons. The first-order chi connectivity index (χ1) is 11.8. The van der Waals surface area contributed by atoms with Crippen LogP contribution < -0.4 is 9.04 Å². The van der Waals surface area contributed by atoms with Gasteiger partial charge in [-0.2, -0.15) is 0 Å². The van der Waals surface area contributed by atoms with Gasteiger partial charge in [-0.1, -0.05) is 19.3 Å². The van der Waals surface area contributed by atoms with E-state index in [1.807, 2.05) is 0 Å². The summed E-state index contributed by atoms with van der Waals surface area (Å²) in [6, 6.07) is 6.09. The second-order valence-corrected chi connectivity index (χ2v) is 8.53. The Kier molecular flexibility index (Phi) is 6.32. The summed E-state index contributed by atoms with van der Waals surface area (Å²) in [6.45, 7) is 1.65. The number of hydrogen-bond acceptors (Lipinski definition) is 4. The molecule has 1 fully saturated rings. The summed E-state index contributed by atoms with van der Waals surface area (Å²) in [7, 11) is -0.270. The average molecular weight is 368 g/mol. The predicted octanol–water partition coefficient (Wildman–Crippen LogP) is 2.64. The largest absolute Gasteiger partial charge is 0.497 e. The van der Waals surface area contributed by atoms with Crippen LogP contribution in [0.5, 0.6) is 5.75 Å².